The Labute approximate surface area is 192 Å². The maximum atomic E-state index is 12.7. The van der Waals surface area contributed by atoms with Gasteiger partial charge in [0.05, 0.1) is 17.0 Å². The molecule has 0 atom stereocenters. The van der Waals surface area contributed by atoms with E-state index in [0.717, 1.165) is 53.2 Å². The van der Waals surface area contributed by atoms with Gasteiger partial charge in [0.15, 0.2) is 0 Å². The Morgan fingerprint density at radius 2 is 1.74 bits per heavy atom. The molecule has 2 heterocycles. The Bertz CT molecular complexity index is 1120. The number of thioether (sulfide) groups is 1. The van der Waals surface area contributed by atoms with E-state index in [1.807, 2.05) is 65.6 Å². The first-order valence-electron chi connectivity index (χ1n) is 10.4. The molecule has 6 heteroatoms. The lowest BCUT2D eigenvalue weighted by Crippen LogP contribution is -2.36. The third-order valence-electron chi connectivity index (χ3n) is 5.40. The molecule has 31 heavy (non-hydrogen) atoms. The average molecular weight is 446 g/mol. The Morgan fingerprint density at radius 1 is 1.03 bits per heavy atom. The molecule has 1 aliphatic rings. The molecule has 4 rings (SSSR count). The van der Waals surface area contributed by atoms with Crippen LogP contribution in [0.5, 0.6) is 0 Å². The van der Waals surface area contributed by atoms with Crippen molar-refractivity contribution < 1.29 is 4.79 Å². The summed E-state index contributed by atoms with van der Waals surface area (Å²) in [6.07, 6.45) is 3.30. The minimum Gasteiger partial charge on any atom is -0.342 e. The molecule has 1 aliphatic heterocycles. The van der Waals surface area contributed by atoms with Crippen LogP contribution >= 0.6 is 24.4 Å². The Kier molecular flexibility index (Phi) is 6.96. The number of amides is 1. The third-order valence-corrected chi connectivity index (χ3v) is 6.75. The SMILES string of the molecule is N#Cc1c(-c2ccccc2)cc(-c2ccccc2S)nc1SCC(=O)N1CCCCC1. The van der Waals surface area contributed by atoms with E-state index in [4.69, 9.17) is 4.98 Å². The number of thiol groups is 1. The molecule has 0 radical (unpaired) electrons. The zero-order chi connectivity index (χ0) is 21.6. The quantitative estimate of drug-likeness (QED) is 0.405. The van der Waals surface area contributed by atoms with Crippen molar-refractivity contribution in [1.29, 1.82) is 5.26 Å². The minimum absolute atomic E-state index is 0.108. The molecule has 1 saturated heterocycles. The molecule has 0 N–H and O–H groups in total. The molecule has 1 fully saturated rings. The van der Waals surface area contributed by atoms with Gasteiger partial charge < -0.3 is 4.90 Å². The monoisotopic (exact) mass is 445 g/mol. The molecule has 0 unspecified atom stereocenters. The van der Waals surface area contributed by atoms with E-state index < -0.39 is 0 Å². The van der Waals surface area contributed by atoms with Crippen LogP contribution in [0.3, 0.4) is 0 Å². The number of piperidine rings is 1. The lowest BCUT2D eigenvalue weighted by molar-refractivity contribution is -0.129. The summed E-state index contributed by atoms with van der Waals surface area (Å²) in [6, 6.07) is 21.9. The molecule has 2 aromatic carbocycles. The van der Waals surface area contributed by atoms with Crippen molar-refractivity contribution >= 4 is 30.3 Å². The number of carbonyl (C=O) groups is 1. The van der Waals surface area contributed by atoms with Gasteiger partial charge in [-0.1, -0.05) is 60.3 Å². The fourth-order valence-corrected chi connectivity index (χ4v) is 4.95. The number of hydrogen-bond donors (Lipinski definition) is 1. The Balaban J connectivity index is 1.74. The van der Waals surface area contributed by atoms with Crippen molar-refractivity contribution in [3.05, 3.63) is 66.2 Å². The van der Waals surface area contributed by atoms with E-state index in [0.29, 0.717) is 10.6 Å². The van der Waals surface area contributed by atoms with E-state index in [1.165, 1.54) is 18.2 Å². The van der Waals surface area contributed by atoms with Crippen LogP contribution in [0.2, 0.25) is 0 Å². The smallest absolute Gasteiger partial charge is 0.232 e. The predicted molar refractivity (Wildman–Crippen MR) is 128 cm³/mol. The first-order chi connectivity index (χ1) is 15.2. The van der Waals surface area contributed by atoms with Gasteiger partial charge >= 0.3 is 0 Å². The topological polar surface area (TPSA) is 57.0 Å². The Hall–Kier alpha value is -2.75. The molecule has 3 aromatic rings. The molecular formula is C25H23N3OS2. The van der Waals surface area contributed by atoms with Crippen molar-refractivity contribution in [2.45, 2.75) is 29.2 Å². The van der Waals surface area contributed by atoms with Gasteiger partial charge in [-0.3, -0.25) is 4.79 Å². The van der Waals surface area contributed by atoms with Crippen molar-refractivity contribution in [2.24, 2.45) is 0 Å². The fraction of sp³-hybridized carbons (Fsp3) is 0.240. The van der Waals surface area contributed by atoms with Gasteiger partial charge in [-0.05, 0) is 37.0 Å². The third kappa shape index (κ3) is 4.95. The van der Waals surface area contributed by atoms with Crippen LogP contribution < -0.4 is 0 Å². The summed E-state index contributed by atoms with van der Waals surface area (Å²) >= 11 is 5.94. The van der Waals surface area contributed by atoms with Crippen LogP contribution in [0.1, 0.15) is 24.8 Å². The number of benzene rings is 2. The number of aromatic nitrogens is 1. The van der Waals surface area contributed by atoms with Crippen LogP contribution in [0.4, 0.5) is 0 Å². The largest absolute Gasteiger partial charge is 0.342 e. The number of pyridine rings is 1. The number of carbonyl (C=O) groups excluding carboxylic acids is 1. The van der Waals surface area contributed by atoms with E-state index in [1.54, 1.807) is 0 Å². The summed E-state index contributed by atoms with van der Waals surface area (Å²) in [7, 11) is 0. The van der Waals surface area contributed by atoms with Crippen LogP contribution in [0.25, 0.3) is 22.4 Å². The van der Waals surface area contributed by atoms with Crippen molar-refractivity contribution in [3.8, 4) is 28.5 Å². The summed E-state index contributed by atoms with van der Waals surface area (Å²) in [6.45, 7) is 1.64. The lowest BCUT2D eigenvalue weighted by atomic mass is 9.99. The highest BCUT2D eigenvalue weighted by atomic mass is 32.2. The summed E-state index contributed by atoms with van der Waals surface area (Å²) in [4.78, 5) is 20.3. The second kappa shape index (κ2) is 10.0. The van der Waals surface area contributed by atoms with Crippen LogP contribution in [0.15, 0.2) is 70.6 Å². The summed E-state index contributed by atoms with van der Waals surface area (Å²) in [5.74, 6) is 0.388. The summed E-state index contributed by atoms with van der Waals surface area (Å²) < 4.78 is 0. The highest BCUT2D eigenvalue weighted by Gasteiger charge is 2.20. The van der Waals surface area contributed by atoms with Crippen molar-refractivity contribution in [2.75, 3.05) is 18.8 Å². The number of hydrogen-bond acceptors (Lipinski definition) is 5. The zero-order valence-corrected chi connectivity index (χ0v) is 18.8. The summed E-state index contributed by atoms with van der Waals surface area (Å²) in [5.41, 5.74) is 3.91. The van der Waals surface area contributed by atoms with Gasteiger partial charge in [0.25, 0.3) is 0 Å². The second-order valence-corrected chi connectivity index (χ2v) is 8.91. The molecule has 156 valence electrons. The number of nitriles is 1. The maximum absolute atomic E-state index is 12.7. The molecule has 1 aromatic heterocycles. The van der Waals surface area contributed by atoms with Crippen LogP contribution in [0, 0.1) is 11.3 Å². The Morgan fingerprint density at radius 3 is 2.45 bits per heavy atom. The summed E-state index contributed by atoms with van der Waals surface area (Å²) in [5, 5.41) is 10.6. The van der Waals surface area contributed by atoms with Gasteiger partial charge in [0, 0.05) is 29.1 Å². The van der Waals surface area contributed by atoms with Gasteiger partial charge in [0.2, 0.25) is 5.91 Å². The molecule has 4 nitrogen and oxygen atoms in total. The average Bonchev–Trinajstić information content (AvgIpc) is 2.83. The zero-order valence-electron chi connectivity index (χ0n) is 17.1. The van der Waals surface area contributed by atoms with E-state index >= 15 is 0 Å². The number of nitrogens with zero attached hydrogens (tertiary/aromatic N) is 3. The van der Waals surface area contributed by atoms with Gasteiger partial charge in [-0.2, -0.15) is 5.26 Å². The predicted octanol–water partition coefficient (Wildman–Crippen LogP) is 5.68. The minimum atomic E-state index is 0.108. The first-order valence-corrected chi connectivity index (χ1v) is 11.8. The number of likely N-dealkylation sites (tertiary alicyclic amines) is 1. The maximum Gasteiger partial charge on any atom is 0.232 e. The number of rotatable bonds is 5. The molecule has 1 amide bonds. The van der Waals surface area contributed by atoms with Crippen molar-refractivity contribution in [3.63, 3.8) is 0 Å². The van der Waals surface area contributed by atoms with Gasteiger partial charge in [-0.25, -0.2) is 4.98 Å². The van der Waals surface area contributed by atoms with Gasteiger partial charge in [-0.15, -0.1) is 12.6 Å². The van der Waals surface area contributed by atoms with E-state index in [2.05, 4.69) is 18.7 Å². The van der Waals surface area contributed by atoms with Crippen molar-refractivity contribution in [1.82, 2.24) is 9.88 Å². The van der Waals surface area contributed by atoms with Crippen LogP contribution in [-0.2, 0) is 4.79 Å². The standard InChI is InChI=1S/C25H23N3OS2/c26-16-21-20(18-9-3-1-4-10-18)15-22(19-11-5-6-12-23(19)30)27-25(21)31-17-24(29)28-13-7-2-8-14-28/h1,3-6,9-12,15,30H,2,7-8,13-14,17H2. The van der Waals surface area contributed by atoms with E-state index in [9.17, 15) is 10.1 Å². The first kappa shape index (κ1) is 21.5. The highest BCUT2D eigenvalue weighted by molar-refractivity contribution is 8.00. The molecule has 0 aliphatic carbocycles. The molecule has 0 bridgehead atoms. The molecule has 0 spiro atoms. The normalized spacial score (nSPS) is 13.6. The second-order valence-electron chi connectivity index (χ2n) is 7.46. The fourth-order valence-electron chi connectivity index (χ4n) is 3.77. The molecular weight excluding hydrogens is 422 g/mol. The highest BCUT2D eigenvalue weighted by Crippen LogP contribution is 2.35. The molecule has 0 saturated carbocycles. The lowest BCUT2D eigenvalue weighted by Gasteiger charge is -2.26. The van der Waals surface area contributed by atoms with E-state index in [-0.39, 0.29) is 11.7 Å². The van der Waals surface area contributed by atoms with Gasteiger partial charge in [0.1, 0.15) is 11.1 Å². The van der Waals surface area contributed by atoms with Crippen LogP contribution in [-0.4, -0.2) is 34.6 Å².